The molecule has 4 N–H and O–H groups in total. The van der Waals surface area contributed by atoms with Crippen molar-refractivity contribution in [2.24, 2.45) is 17.4 Å². The monoisotopic (exact) mass is 327 g/mol. The van der Waals surface area contributed by atoms with Crippen molar-refractivity contribution in [1.29, 1.82) is 0 Å². The second kappa shape index (κ2) is 6.55. The van der Waals surface area contributed by atoms with Gasteiger partial charge in [0.2, 0.25) is 0 Å². The molecule has 3 rings (SSSR count). The summed E-state index contributed by atoms with van der Waals surface area (Å²) in [6.45, 7) is 2.63. The van der Waals surface area contributed by atoms with Crippen LogP contribution in [0.3, 0.4) is 0 Å². The van der Waals surface area contributed by atoms with Crippen molar-refractivity contribution < 1.29 is 4.79 Å². The molecule has 1 fully saturated rings. The van der Waals surface area contributed by atoms with Crippen LogP contribution in [0.15, 0.2) is 12.4 Å². The number of nitrogens with zero attached hydrogens (tertiary/aromatic N) is 3. The Morgan fingerprint density at radius 1 is 1.38 bits per heavy atom. The molecule has 2 aromatic heterocycles. The van der Waals surface area contributed by atoms with Gasteiger partial charge in [-0.2, -0.15) is 0 Å². The van der Waals surface area contributed by atoms with E-state index in [9.17, 15) is 4.79 Å². The molecule has 3 heterocycles. The molecule has 6 nitrogen and oxygen atoms in total. The van der Waals surface area contributed by atoms with Crippen molar-refractivity contribution in [1.82, 2.24) is 9.97 Å². The zero-order valence-corrected chi connectivity index (χ0v) is 13.1. The second-order valence-electron chi connectivity index (χ2n) is 5.05. The number of fused-ring (bicyclic) bond motifs is 1. The summed E-state index contributed by atoms with van der Waals surface area (Å²) in [5, 5.41) is 0. The third-order valence-corrected chi connectivity index (χ3v) is 4.92. The van der Waals surface area contributed by atoms with Gasteiger partial charge in [0.25, 0.3) is 5.91 Å². The summed E-state index contributed by atoms with van der Waals surface area (Å²) in [6.07, 6.45) is 3.70. The van der Waals surface area contributed by atoms with Gasteiger partial charge in [0, 0.05) is 13.1 Å². The number of hydrogen-bond acceptors (Lipinski definition) is 6. The molecule has 0 aliphatic carbocycles. The van der Waals surface area contributed by atoms with E-state index in [0.717, 1.165) is 48.5 Å². The minimum absolute atomic E-state index is 0. The lowest BCUT2D eigenvalue weighted by Crippen LogP contribution is -2.36. The Labute approximate surface area is 132 Å². The Bertz CT molecular complexity index is 639. The Hall–Kier alpha value is -1.44. The SMILES string of the molecule is Cl.NCC1CCN(c2ncnc3cc(C(N)=O)sc23)CC1. The number of primary amides is 1. The number of halogens is 1. The second-order valence-corrected chi connectivity index (χ2v) is 6.10. The molecule has 0 spiro atoms. The highest BCUT2D eigenvalue weighted by molar-refractivity contribution is 7.21. The number of aromatic nitrogens is 2. The van der Waals surface area contributed by atoms with Crippen molar-refractivity contribution in [3.8, 4) is 0 Å². The average Bonchev–Trinajstić information content (AvgIpc) is 2.91. The van der Waals surface area contributed by atoms with Crippen molar-refractivity contribution >= 4 is 45.7 Å². The van der Waals surface area contributed by atoms with Gasteiger partial charge in [0.1, 0.15) is 12.1 Å². The van der Waals surface area contributed by atoms with E-state index < -0.39 is 5.91 Å². The van der Waals surface area contributed by atoms with Gasteiger partial charge in [-0.15, -0.1) is 23.7 Å². The Morgan fingerprint density at radius 3 is 2.71 bits per heavy atom. The number of rotatable bonds is 3. The van der Waals surface area contributed by atoms with Gasteiger partial charge in [-0.1, -0.05) is 0 Å². The molecule has 0 radical (unpaired) electrons. The number of piperidine rings is 1. The summed E-state index contributed by atoms with van der Waals surface area (Å²) in [7, 11) is 0. The van der Waals surface area contributed by atoms with Crippen molar-refractivity contribution in [2.75, 3.05) is 24.5 Å². The zero-order chi connectivity index (χ0) is 14.1. The Balaban J connectivity index is 0.00000161. The van der Waals surface area contributed by atoms with Gasteiger partial charge in [-0.25, -0.2) is 9.97 Å². The highest BCUT2D eigenvalue weighted by atomic mass is 35.5. The molecule has 8 heteroatoms. The topological polar surface area (TPSA) is 98.1 Å². The van der Waals surface area contributed by atoms with Crippen LogP contribution in [0.2, 0.25) is 0 Å². The van der Waals surface area contributed by atoms with E-state index in [1.807, 2.05) is 0 Å². The van der Waals surface area contributed by atoms with E-state index in [1.54, 1.807) is 12.4 Å². The number of carbonyl (C=O) groups is 1. The minimum Gasteiger partial charge on any atom is -0.365 e. The molecule has 1 aliphatic rings. The predicted molar refractivity (Wildman–Crippen MR) is 87.2 cm³/mol. The van der Waals surface area contributed by atoms with Gasteiger partial charge < -0.3 is 16.4 Å². The van der Waals surface area contributed by atoms with E-state index in [2.05, 4.69) is 14.9 Å². The van der Waals surface area contributed by atoms with E-state index in [1.165, 1.54) is 11.3 Å². The van der Waals surface area contributed by atoms with Crippen molar-refractivity contribution in [2.45, 2.75) is 12.8 Å². The van der Waals surface area contributed by atoms with Gasteiger partial charge >= 0.3 is 0 Å². The molecule has 1 aliphatic heterocycles. The third-order valence-electron chi connectivity index (χ3n) is 3.78. The zero-order valence-electron chi connectivity index (χ0n) is 11.5. The first-order valence-electron chi connectivity index (χ1n) is 6.68. The number of nitrogens with two attached hydrogens (primary N) is 2. The molecule has 0 unspecified atom stereocenters. The highest BCUT2D eigenvalue weighted by Crippen LogP contribution is 2.32. The van der Waals surface area contributed by atoms with Crippen LogP contribution in [0.4, 0.5) is 5.82 Å². The number of anilines is 1. The average molecular weight is 328 g/mol. The first kappa shape index (κ1) is 15.9. The fourth-order valence-corrected chi connectivity index (χ4v) is 3.55. The molecule has 114 valence electrons. The standard InChI is InChI=1S/C13H17N5OS.ClH/c14-6-8-1-3-18(4-2-8)13-11-9(16-7-17-13)5-10(20-11)12(15)19;/h5,7-8H,1-4,6,14H2,(H2,15,19);1H. The molecule has 1 amide bonds. The van der Waals surface area contributed by atoms with E-state index in [4.69, 9.17) is 11.5 Å². The first-order valence-corrected chi connectivity index (χ1v) is 7.50. The van der Waals surface area contributed by atoms with Gasteiger partial charge in [0.15, 0.2) is 0 Å². The van der Waals surface area contributed by atoms with Crippen LogP contribution in [-0.4, -0.2) is 35.5 Å². The largest absolute Gasteiger partial charge is 0.365 e. The minimum atomic E-state index is -0.416. The maximum atomic E-state index is 11.3. The summed E-state index contributed by atoms with van der Waals surface area (Å²) in [4.78, 5) is 22.7. The molecular weight excluding hydrogens is 310 g/mol. The molecule has 2 aromatic rings. The maximum absolute atomic E-state index is 11.3. The predicted octanol–water partition coefficient (Wildman–Crippen LogP) is 1.39. The van der Waals surface area contributed by atoms with E-state index >= 15 is 0 Å². The molecule has 0 atom stereocenters. The smallest absolute Gasteiger partial charge is 0.258 e. The molecule has 0 bridgehead atoms. The highest BCUT2D eigenvalue weighted by Gasteiger charge is 2.22. The summed E-state index contributed by atoms with van der Waals surface area (Å²) < 4.78 is 0.937. The van der Waals surface area contributed by atoms with Crippen LogP contribution < -0.4 is 16.4 Å². The lowest BCUT2D eigenvalue weighted by molar-refractivity contribution is 0.100. The van der Waals surface area contributed by atoms with Crippen LogP contribution in [-0.2, 0) is 0 Å². The Kier molecular flexibility index (Phi) is 4.97. The molecule has 21 heavy (non-hydrogen) atoms. The third kappa shape index (κ3) is 3.09. The van der Waals surface area contributed by atoms with Gasteiger partial charge in [0.05, 0.1) is 15.1 Å². The summed E-state index contributed by atoms with van der Waals surface area (Å²) in [6, 6.07) is 1.74. The lowest BCUT2D eigenvalue weighted by Gasteiger charge is -2.32. The van der Waals surface area contributed by atoms with Crippen LogP contribution >= 0.6 is 23.7 Å². The summed E-state index contributed by atoms with van der Waals surface area (Å²) >= 11 is 1.37. The van der Waals surface area contributed by atoms with Crippen molar-refractivity contribution in [3.05, 3.63) is 17.3 Å². The number of hydrogen-bond donors (Lipinski definition) is 2. The fourth-order valence-electron chi connectivity index (χ4n) is 2.57. The van der Waals surface area contributed by atoms with Crippen LogP contribution in [0.25, 0.3) is 10.2 Å². The van der Waals surface area contributed by atoms with E-state index in [0.29, 0.717) is 10.8 Å². The summed E-state index contributed by atoms with van der Waals surface area (Å²) in [5.41, 5.74) is 11.8. The first-order chi connectivity index (χ1) is 9.69. The molecule has 0 aromatic carbocycles. The maximum Gasteiger partial charge on any atom is 0.258 e. The Morgan fingerprint density at radius 2 is 2.10 bits per heavy atom. The number of thiophene rings is 1. The van der Waals surface area contributed by atoms with Crippen LogP contribution in [0.1, 0.15) is 22.5 Å². The summed E-state index contributed by atoms with van der Waals surface area (Å²) in [5.74, 6) is 1.09. The molecule has 1 saturated heterocycles. The lowest BCUT2D eigenvalue weighted by atomic mass is 9.97. The van der Waals surface area contributed by atoms with Gasteiger partial charge in [-0.05, 0) is 31.4 Å². The quantitative estimate of drug-likeness (QED) is 0.887. The number of carbonyl (C=O) groups excluding carboxylic acids is 1. The van der Waals surface area contributed by atoms with E-state index in [-0.39, 0.29) is 12.4 Å². The molecular formula is C13H18ClN5OS. The van der Waals surface area contributed by atoms with Crippen LogP contribution in [0, 0.1) is 5.92 Å². The van der Waals surface area contributed by atoms with Crippen molar-refractivity contribution in [3.63, 3.8) is 0 Å². The normalized spacial score (nSPS) is 16.0. The molecule has 0 saturated carbocycles. The fraction of sp³-hybridized carbons (Fsp3) is 0.462. The number of amides is 1. The van der Waals surface area contributed by atoms with Gasteiger partial charge in [-0.3, -0.25) is 4.79 Å². The van der Waals surface area contributed by atoms with Crippen LogP contribution in [0.5, 0.6) is 0 Å².